The number of hydrogen-bond donors (Lipinski definition) is 2. The molecule has 0 spiro atoms. The molecule has 2 aromatic rings. The number of benzene rings is 2. The minimum atomic E-state index is -0.901. The van der Waals surface area contributed by atoms with Crippen molar-refractivity contribution < 1.29 is 9.18 Å². The molecule has 0 fully saturated rings. The maximum absolute atomic E-state index is 13.6. The van der Waals surface area contributed by atoms with E-state index in [0.717, 1.165) is 0 Å². The first-order chi connectivity index (χ1) is 9.49. The Morgan fingerprint density at radius 1 is 1.15 bits per heavy atom. The predicted molar refractivity (Wildman–Crippen MR) is 78.4 cm³/mol. The Labute approximate surface area is 125 Å². The highest BCUT2D eigenvalue weighted by molar-refractivity contribution is 6.42. The van der Waals surface area contributed by atoms with Gasteiger partial charge in [-0.2, -0.15) is 0 Å². The summed E-state index contributed by atoms with van der Waals surface area (Å²) >= 11 is 11.7. The Morgan fingerprint density at radius 2 is 1.85 bits per heavy atom. The molecule has 0 aliphatic rings. The van der Waals surface area contributed by atoms with Gasteiger partial charge in [0.25, 0.3) is 0 Å². The summed E-state index contributed by atoms with van der Waals surface area (Å²) in [6, 6.07) is 9.79. The van der Waals surface area contributed by atoms with Crippen molar-refractivity contribution in [2.45, 2.75) is 6.04 Å². The Bertz CT molecular complexity index is 649. The summed E-state index contributed by atoms with van der Waals surface area (Å²) < 4.78 is 13.6. The molecule has 20 heavy (non-hydrogen) atoms. The minimum Gasteiger partial charge on any atom is -0.368 e. The van der Waals surface area contributed by atoms with Gasteiger partial charge in [0.2, 0.25) is 5.91 Å². The quantitative estimate of drug-likeness (QED) is 0.903. The zero-order chi connectivity index (χ0) is 14.7. The molecule has 0 saturated carbocycles. The molecule has 0 aliphatic carbocycles. The van der Waals surface area contributed by atoms with Crippen molar-refractivity contribution in [1.82, 2.24) is 0 Å². The summed E-state index contributed by atoms with van der Waals surface area (Å²) in [5.74, 6) is -1.12. The molecular formula is C14H11Cl2FN2O. The number of para-hydroxylation sites is 1. The van der Waals surface area contributed by atoms with Crippen LogP contribution in [0.4, 0.5) is 10.1 Å². The Hall–Kier alpha value is -1.78. The minimum absolute atomic E-state index is 0.183. The van der Waals surface area contributed by atoms with Crippen LogP contribution >= 0.6 is 23.2 Å². The topological polar surface area (TPSA) is 55.1 Å². The van der Waals surface area contributed by atoms with Crippen LogP contribution in [0.5, 0.6) is 0 Å². The maximum atomic E-state index is 13.6. The van der Waals surface area contributed by atoms with Gasteiger partial charge in [-0.25, -0.2) is 4.39 Å². The van der Waals surface area contributed by atoms with Crippen LogP contribution in [0, 0.1) is 5.82 Å². The molecule has 0 saturated heterocycles. The lowest BCUT2D eigenvalue weighted by Crippen LogP contribution is -2.28. The monoisotopic (exact) mass is 312 g/mol. The number of carbonyl (C=O) groups is 1. The van der Waals surface area contributed by atoms with Crippen LogP contribution < -0.4 is 11.1 Å². The molecular weight excluding hydrogens is 302 g/mol. The van der Waals surface area contributed by atoms with Gasteiger partial charge in [-0.1, -0.05) is 41.4 Å². The number of amides is 1. The third kappa shape index (κ3) is 3.21. The average Bonchev–Trinajstić information content (AvgIpc) is 2.41. The van der Waals surface area contributed by atoms with E-state index >= 15 is 0 Å². The van der Waals surface area contributed by atoms with Crippen molar-refractivity contribution in [3.8, 4) is 0 Å². The van der Waals surface area contributed by atoms with Gasteiger partial charge in [0.15, 0.2) is 0 Å². The molecule has 1 amide bonds. The zero-order valence-corrected chi connectivity index (χ0v) is 11.8. The molecule has 1 unspecified atom stereocenters. The van der Waals surface area contributed by atoms with Crippen LogP contribution in [0.3, 0.4) is 0 Å². The first-order valence-electron chi connectivity index (χ1n) is 5.74. The van der Waals surface area contributed by atoms with Gasteiger partial charge < -0.3 is 11.1 Å². The van der Waals surface area contributed by atoms with E-state index in [0.29, 0.717) is 15.6 Å². The molecule has 3 N–H and O–H groups in total. The van der Waals surface area contributed by atoms with Crippen LogP contribution in [-0.4, -0.2) is 5.91 Å². The number of hydrogen-bond acceptors (Lipinski definition) is 2. The van der Waals surface area contributed by atoms with Crippen LogP contribution in [0.25, 0.3) is 0 Å². The van der Waals surface area contributed by atoms with Crippen molar-refractivity contribution in [2.24, 2.45) is 5.73 Å². The number of nitrogens with one attached hydrogen (secondary N) is 1. The lowest BCUT2D eigenvalue weighted by molar-refractivity contribution is -0.118. The second kappa shape index (κ2) is 6.11. The van der Waals surface area contributed by atoms with E-state index in [2.05, 4.69) is 5.32 Å². The molecule has 2 rings (SSSR count). The first-order valence-corrected chi connectivity index (χ1v) is 6.50. The summed E-state index contributed by atoms with van der Waals surface area (Å²) in [5, 5.41) is 3.42. The van der Waals surface area contributed by atoms with Crippen molar-refractivity contribution >= 4 is 34.8 Å². The fraction of sp³-hybridized carbons (Fsp3) is 0.0714. The molecule has 0 aliphatic heterocycles. The fourth-order valence-electron chi connectivity index (χ4n) is 1.74. The molecule has 104 valence electrons. The van der Waals surface area contributed by atoms with Gasteiger partial charge in [-0.05, 0) is 29.8 Å². The number of halogens is 3. The van der Waals surface area contributed by atoms with Crippen LogP contribution in [0.15, 0.2) is 42.5 Å². The predicted octanol–water partition coefficient (Wildman–Crippen LogP) is 3.77. The van der Waals surface area contributed by atoms with Crippen molar-refractivity contribution in [2.75, 3.05) is 5.32 Å². The molecule has 3 nitrogen and oxygen atoms in total. The largest absolute Gasteiger partial charge is 0.368 e. The van der Waals surface area contributed by atoms with E-state index in [1.165, 1.54) is 18.2 Å². The van der Waals surface area contributed by atoms with Crippen LogP contribution in [-0.2, 0) is 4.79 Å². The highest BCUT2D eigenvalue weighted by Gasteiger charge is 2.19. The van der Waals surface area contributed by atoms with Gasteiger partial charge in [0, 0.05) is 0 Å². The van der Waals surface area contributed by atoms with E-state index in [1.54, 1.807) is 24.3 Å². The number of nitrogens with two attached hydrogens (primary N) is 1. The average molecular weight is 313 g/mol. The van der Waals surface area contributed by atoms with E-state index in [1.807, 2.05) is 0 Å². The van der Waals surface area contributed by atoms with Crippen molar-refractivity contribution in [1.29, 1.82) is 0 Å². The Balaban J connectivity index is 2.34. The summed E-state index contributed by atoms with van der Waals surface area (Å²) in [7, 11) is 0. The smallest absolute Gasteiger partial charge is 0.244 e. The molecule has 0 heterocycles. The fourth-order valence-corrected chi connectivity index (χ4v) is 2.05. The third-order valence-electron chi connectivity index (χ3n) is 2.74. The second-order valence-corrected chi connectivity index (χ2v) is 4.95. The lowest BCUT2D eigenvalue weighted by Gasteiger charge is -2.18. The van der Waals surface area contributed by atoms with Gasteiger partial charge >= 0.3 is 0 Å². The molecule has 0 bridgehead atoms. The van der Waals surface area contributed by atoms with Crippen molar-refractivity contribution in [3.63, 3.8) is 0 Å². The Morgan fingerprint density at radius 3 is 2.45 bits per heavy atom. The highest BCUT2D eigenvalue weighted by Crippen LogP contribution is 2.28. The lowest BCUT2D eigenvalue weighted by atomic mass is 10.1. The number of anilines is 1. The maximum Gasteiger partial charge on any atom is 0.244 e. The number of rotatable bonds is 4. The number of carbonyl (C=O) groups excluding carboxylic acids is 1. The molecule has 0 radical (unpaired) electrons. The van der Waals surface area contributed by atoms with E-state index < -0.39 is 17.8 Å². The first kappa shape index (κ1) is 14.6. The van der Waals surface area contributed by atoms with Gasteiger partial charge in [-0.15, -0.1) is 0 Å². The van der Waals surface area contributed by atoms with E-state index in [-0.39, 0.29) is 5.69 Å². The summed E-state index contributed by atoms with van der Waals surface area (Å²) in [6.07, 6.45) is 0. The molecule has 0 aromatic heterocycles. The molecule has 2 aromatic carbocycles. The summed E-state index contributed by atoms with van der Waals surface area (Å²) in [6.45, 7) is 0. The molecule has 1 atom stereocenters. The summed E-state index contributed by atoms with van der Waals surface area (Å²) in [4.78, 5) is 11.6. The highest BCUT2D eigenvalue weighted by atomic mass is 35.5. The summed E-state index contributed by atoms with van der Waals surface area (Å²) in [5.41, 5.74) is 6.05. The second-order valence-electron chi connectivity index (χ2n) is 4.13. The SMILES string of the molecule is NC(=O)C(Nc1ccccc1F)c1ccc(Cl)c(Cl)c1. The zero-order valence-electron chi connectivity index (χ0n) is 10.2. The van der Waals surface area contributed by atoms with Crippen molar-refractivity contribution in [3.05, 3.63) is 63.9 Å². The van der Waals surface area contributed by atoms with Gasteiger partial charge in [0.05, 0.1) is 15.7 Å². The van der Waals surface area contributed by atoms with Gasteiger partial charge in [-0.3, -0.25) is 4.79 Å². The normalized spacial score (nSPS) is 11.9. The molecule has 6 heteroatoms. The van der Waals surface area contributed by atoms with Gasteiger partial charge in [0.1, 0.15) is 11.9 Å². The third-order valence-corrected chi connectivity index (χ3v) is 3.47. The van der Waals surface area contributed by atoms with Crippen LogP contribution in [0.2, 0.25) is 10.0 Å². The van der Waals surface area contributed by atoms with E-state index in [9.17, 15) is 9.18 Å². The standard InChI is InChI=1S/C14H11Cl2FN2O/c15-9-6-5-8(7-10(9)16)13(14(18)20)19-12-4-2-1-3-11(12)17/h1-7,13,19H,(H2,18,20). The Kier molecular flexibility index (Phi) is 4.47. The van der Waals surface area contributed by atoms with Crippen LogP contribution in [0.1, 0.15) is 11.6 Å². The van der Waals surface area contributed by atoms with E-state index in [4.69, 9.17) is 28.9 Å². The number of primary amides is 1.